The minimum Gasteiger partial charge on any atom is -0.370 e. The molecule has 0 saturated heterocycles. The van der Waals surface area contributed by atoms with Gasteiger partial charge in [-0.3, -0.25) is 9.59 Å². The zero-order chi connectivity index (χ0) is 21.5. The fraction of sp³-hybridized carbons (Fsp3) is 0.217. The second kappa shape index (κ2) is 10.3. The van der Waals surface area contributed by atoms with E-state index in [1.165, 1.54) is 16.9 Å². The number of nitrogens with one attached hydrogen (secondary N) is 2. The SMILES string of the molecule is CCN(CCNC(=O)c1ccc(Cl)c(NC(=O)c2cccs2)c1)c1cccc(C)c1. The van der Waals surface area contributed by atoms with Gasteiger partial charge in [0.05, 0.1) is 15.6 Å². The van der Waals surface area contributed by atoms with Crippen LogP contribution in [-0.4, -0.2) is 31.4 Å². The third-order valence-corrected chi connectivity index (χ3v) is 5.84. The van der Waals surface area contributed by atoms with Crippen LogP contribution in [0.2, 0.25) is 5.02 Å². The van der Waals surface area contributed by atoms with E-state index in [9.17, 15) is 9.59 Å². The number of benzene rings is 2. The number of hydrogen-bond donors (Lipinski definition) is 2. The van der Waals surface area contributed by atoms with E-state index in [0.29, 0.717) is 34.2 Å². The molecular weight excluding hydrogens is 418 g/mol. The number of halogens is 1. The van der Waals surface area contributed by atoms with E-state index < -0.39 is 0 Å². The summed E-state index contributed by atoms with van der Waals surface area (Å²) in [5.74, 6) is -0.459. The number of carbonyl (C=O) groups is 2. The molecule has 0 atom stereocenters. The number of hydrogen-bond acceptors (Lipinski definition) is 4. The Kier molecular flexibility index (Phi) is 7.49. The summed E-state index contributed by atoms with van der Waals surface area (Å²) in [6.07, 6.45) is 0. The number of rotatable bonds is 8. The van der Waals surface area contributed by atoms with Crippen LogP contribution in [-0.2, 0) is 0 Å². The molecule has 3 rings (SSSR count). The van der Waals surface area contributed by atoms with Gasteiger partial charge in [-0.2, -0.15) is 0 Å². The summed E-state index contributed by atoms with van der Waals surface area (Å²) in [7, 11) is 0. The van der Waals surface area contributed by atoms with Gasteiger partial charge in [0.1, 0.15) is 0 Å². The van der Waals surface area contributed by atoms with Crippen LogP contribution < -0.4 is 15.5 Å². The van der Waals surface area contributed by atoms with E-state index in [-0.39, 0.29) is 11.8 Å². The molecule has 0 unspecified atom stereocenters. The molecule has 2 N–H and O–H groups in total. The number of likely N-dealkylation sites (N-methyl/N-ethyl adjacent to an activating group) is 1. The van der Waals surface area contributed by atoms with Crippen LogP contribution in [0.25, 0.3) is 0 Å². The maximum atomic E-state index is 12.6. The van der Waals surface area contributed by atoms with Gasteiger partial charge < -0.3 is 15.5 Å². The molecule has 0 saturated carbocycles. The van der Waals surface area contributed by atoms with E-state index in [4.69, 9.17) is 11.6 Å². The highest BCUT2D eigenvalue weighted by atomic mass is 35.5. The van der Waals surface area contributed by atoms with Gasteiger partial charge >= 0.3 is 0 Å². The summed E-state index contributed by atoms with van der Waals surface area (Å²) < 4.78 is 0. The Morgan fingerprint density at radius 1 is 1.07 bits per heavy atom. The topological polar surface area (TPSA) is 61.4 Å². The van der Waals surface area contributed by atoms with Crippen molar-refractivity contribution in [1.82, 2.24) is 5.32 Å². The van der Waals surface area contributed by atoms with Gasteiger partial charge in [-0.1, -0.05) is 29.8 Å². The van der Waals surface area contributed by atoms with E-state index in [0.717, 1.165) is 12.2 Å². The highest BCUT2D eigenvalue weighted by Gasteiger charge is 2.13. The molecule has 0 spiro atoms. The van der Waals surface area contributed by atoms with E-state index >= 15 is 0 Å². The van der Waals surface area contributed by atoms with Crippen molar-refractivity contribution in [2.45, 2.75) is 13.8 Å². The number of amides is 2. The number of carbonyl (C=O) groups excluding carboxylic acids is 2. The van der Waals surface area contributed by atoms with E-state index in [1.807, 2.05) is 11.4 Å². The lowest BCUT2D eigenvalue weighted by Gasteiger charge is -2.23. The van der Waals surface area contributed by atoms with Crippen molar-refractivity contribution in [2.75, 3.05) is 29.9 Å². The largest absolute Gasteiger partial charge is 0.370 e. The number of nitrogens with zero attached hydrogens (tertiary/aromatic N) is 1. The molecule has 3 aromatic rings. The molecule has 156 valence electrons. The fourth-order valence-electron chi connectivity index (χ4n) is 3.05. The highest BCUT2D eigenvalue weighted by molar-refractivity contribution is 7.12. The summed E-state index contributed by atoms with van der Waals surface area (Å²) >= 11 is 7.54. The molecule has 2 aromatic carbocycles. The van der Waals surface area contributed by atoms with Crippen LogP contribution >= 0.6 is 22.9 Å². The lowest BCUT2D eigenvalue weighted by atomic mass is 10.2. The summed E-state index contributed by atoms with van der Waals surface area (Å²) in [5.41, 5.74) is 3.20. The smallest absolute Gasteiger partial charge is 0.265 e. The Labute approximate surface area is 185 Å². The molecular formula is C23H24ClN3O2S. The fourth-order valence-corrected chi connectivity index (χ4v) is 3.84. The van der Waals surface area contributed by atoms with Gasteiger partial charge in [0.15, 0.2) is 0 Å². The van der Waals surface area contributed by atoms with Crippen LogP contribution in [0.3, 0.4) is 0 Å². The maximum Gasteiger partial charge on any atom is 0.265 e. The van der Waals surface area contributed by atoms with Crippen LogP contribution in [0.15, 0.2) is 60.0 Å². The Balaban J connectivity index is 1.60. The Hall–Kier alpha value is -2.83. The second-order valence-corrected chi connectivity index (χ2v) is 8.16. The monoisotopic (exact) mass is 441 g/mol. The van der Waals surface area contributed by atoms with Crippen LogP contribution in [0.4, 0.5) is 11.4 Å². The van der Waals surface area contributed by atoms with Crippen molar-refractivity contribution in [3.63, 3.8) is 0 Å². The van der Waals surface area contributed by atoms with Crippen molar-refractivity contribution in [1.29, 1.82) is 0 Å². The lowest BCUT2D eigenvalue weighted by molar-refractivity contribution is 0.0953. The van der Waals surface area contributed by atoms with Gasteiger partial charge in [-0.25, -0.2) is 0 Å². The minimum atomic E-state index is -0.249. The van der Waals surface area contributed by atoms with Crippen molar-refractivity contribution in [2.24, 2.45) is 0 Å². The average molecular weight is 442 g/mol. The average Bonchev–Trinajstić information content (AvgIpc) is 3.27. The molecule has 0 bridgehead atoms. The first-order valence-corrected chi connectivity index (χ1v) is 11.0. The molecule has 1 aromatic heterocycles. The first kappa shape index (κ1) is 21.9. The number of thiophene rings is 1. The maximum absolute atomic E-state index is 12.6. The normalized spacial score (nSPS) is 10.5. The second-order valence-electron chi connectivity index (χ2n) is 6.80. The highest BCUT2D eigenvalue weighted by Crippen LogP contribution is 2.24. The van der Waals surface area contributed by atoms with Crippen molar-refractivity contribution >= 4 is 46.1 Å². The molecule has 1 heterocycles. The number of aryl methyl sites for hydroxylation is 1. The minimum absolute atomic E-state index is 0.210. The zero-order valence-electron chi connectivity index (χ0n) is 16.9. The molecule has 0 aliphatic carbocycles. The van der Waals surface area contributed by atoms with Crippen LogP contribution in [0, 0.1) is 6.92 Å². The van der Waals surface area contributed by atoms with E-state index in [2.05, 4.69) is 47.6 Å². The molecule has 2 amide bonds. The standard InChI is InChI=1S/C23H24ClN3O2S/c1-3-27(18-7-4-6-16(2)14-18)12-11-25-22(28)17-9-10-19(24)20(15-17)26-23(29)21-8-5-13-30-21/h4-10,13-15H,3,11-12H2,1-2H3,(H,25,28)(H,26,29). The molecule has 0 aliphatic rings. The van der Waals surface area contributed by atoms with Gasteiger partial charge in [0.2, 0.25) is 0 Å². The summed E-state index contributed by atoms with van der Waals surface area (Å²) in [6.45, 7) is 6.20. The summed E-state index contributed by atoms with van der Waals surface area (Å²) in [5, 5.41) is 7.92. The van der Waals surface area contributed by atoms with Crippen LogP contribution in [0.1, 0.15) is 32.5 Å². The predicted molar refractivity (Wildman–Crippen MR) is 125 cm³/mol. The van der Waals surface area contributed by atoms with Gasteiger partial charge in [0, 0.05) is 30.9 Å². The molecule has 5 nitrogen and oxygen atoms in total. The molecule has 30 heavy (non-hydrogen) atoms. The quantitative estimate of drug-likeness (QED) is 0.503. The van der Waals surface area contributed by atoms with E-state index in [1.54, 1.807) is 30.3 Å². The number of anilines is 2. The summed E-state index contributed by atoms with van der Waals surface area (Å²) in [4.78, 5) is 27.7. The summed E-state index contributed by atoms with van der Waals surface area (Å²) in [6, 6.07) is 16.7. The third-order valence-electron chi connectivity index (χ3n) is 4.64. The van der Waals surface area contributed by atoms with Crippen LogP contribution in [0.5, 0.6) is 0 Å². The molecule has 0 radical (unpaired) electrons. The van der Waals surface area contributed by atoms with Gasteiger partial charge in [0.25, 0.3) is 11.8 Å². The van der Waals surface area contributed by atoms with Crippen molar-refractivity contribution in [3.05, 3.63) is 81.0 Å². The Morgan fingerprint density at radius 2 is 1.90 bits per heavy atom. The van der Waals surface area contributed by atoms with Gasteiger partial charge in [-0.05, 0) is 61.2 Å². The van der Waals surface area contributed by atoms with Crippen molar-refractivity contribution in [3.8, 4) is 0 Å². The lowest BCUT2D eigenvalue weighted by Crippen LogP contribution is -2.35. The first-order chi connectivity index (χ1) is 14.5. The molecule has 0 fully saturated rings. The first-order valence-electron chi connectivity index (χ1n) is 9.72. The molecule has 0 aliphatic heterocycles. The molecule has 7 heteroatoms. The Morgan fingerprint density at radius 3 is 2.60 bits per heavy atom. The van der Waals surface area contributed by atoms with Crippen molar-refractivity contribution < 1.29 is 9.59 Å². The Bertz CT molecular complexity index is 1020. The predicted octanol–water partition coefficient (Wildman–Crippen LogP) is 5.22. The van der Waals surface area contributed by atoms with Gasteiger partial charge in [-0.15, -0.1) is 11.3 Å². The third kappa shape index (κ3) is 5.62. The zero-order valence-corrected chi connectivity index (χ0v) is 18.5.